The molecule has 21 heavy (non-hydrogen) atoms. The average molecular weight is 285 g/mol. The number of likely N-dealkylation sites (N-methyl/N-ethyl adjacent to an activating group) is 1. The van der Waals surface area contributed by atoms with Gasteiger partial charge in [-0.15, -0.1) is 0 Å². The van der Waals surface area contributed by atoms with Crippen LogP contribution in [0.25, 0.3) is 0 Å². The standard InChI is InChI=1S/C18H23NO2/c1-15-8-10-17(11-9-15)21-13-12-18(14-20,19-2)16-6-4-3-5-7-16/h3-11,19-20H,12-14H2,1-2H3. The Morgan fingerprint density at radius 3 is 2.29 bits per heavy atom. The molecule has 3 nitrogen and oxygen atoms in total. The van der Waals surface area contributed by atoms with Crippen LogP contribution in [0.1, 0.15) is 17.5 Å². The maximum absolute atomic E-state index is 9.85. The minimum atomic E-state index is -0.466. The summed E-state index contributed by atoms with van der Waals surface area (Å²) in [5, 5.41) is 13.1. The van der Waals surface area contributed by atoms with E-state index in [2.05, 4.69) is 12.2 Å². The Bertz CT molecular complexity index is 533. The minimum Gasteiger partial charge on any atom is -0.494 e. The van der Waals surface area contributed by atoms with E-state index in [4.69, 9.17) is 4.74 Å². The van der Waals surface area contributed by atoms with Crippen molar-refractivity contribution < 1.29 is 9.84 Å². The fraction of sp³-hybridized carbons (Fsp3) is 0.333. The molecule has 2 aromatic carbocycles. The summed E-state index contributed by atoms with van der Waals surface area (Å²) < 4.78 is 5.79. The first kappa shape index (κ1) is 15.5. The molecule has 0 aliphatic rings. The summed E-state index contributed by atoms with van der Waals surface area (Å²) in [5.41, 5.74) is 1.82. The molecule has 0 aromatic heterocycles. The minimum absolute atomic E-state index is 0.0325. The van der Waals surface area contributed by atoms with E-state index in [1.54, 1.807) is 0 Å². The van der Waals surface area contributed by atoms with Crippen molar-refractivity contribution in [3.8, 4) is 5.75 Å². The fourth-order valence-electron chi connectivity index (χ4n) is 2.40. The zero-order valence-electron chi connectivity index (χ0n) is 12.7. The van der Waals surface area contributed by atoms with Crippen LogP contribution in [-0.2, 0) is 5.54 Å². The molecule has 0 heterocycles. The van der Waals surface area contributed by atoms with Gasteiger partial charge in [0.2, 0.25) is 0 Å². The highest BCUT2D eigenvalue weighted by molar-refractivity contribution is 5.27. The van der Waals surface area contributed by atoms with Crippen LogP contribution in [0.2, 0.25) is 0 Å². The molecule has 0 saturated carbocycles. The number of aliphatic hydroxyl groups is 1. The second-order valence-electron chi connectivity index (χ2n) is 5.27. The van der Waals surface area contributed by atoms with E-state index in [-0.39, 0.29) is 6.61 Å². The van der Waals surface area contributed by atoms with Crippen molar-refractivity contribution in [2.24, 2.45) is 0 Å². The average Bonchev–Trinajstić information content (AvgIpc) is 2.55. The zero-order valence-corrected chi connectivity index (χ0v) is 12.7. The SMILES string of the molecule is CNC(CO)(CCOc1ccc(C)cc1)c1ccccc1. The van der Waals surface area contributed by atoms with Crippen LogP contribution in [0.5, 0.6) is 5.75 Å². The quantitative estimate of drug-likeness (QED) is 0.822. The lowest BCUT2D eigenvalue weighted by molar-refractivity contribution is 0.137. The predicted octanol–water partition coefficient (Wildman–Crippen LogP) is 2.87. The summed E-state index contributed by atoms with van der Waals surface area (Å²) in [6, 6.07) is 18.0. The van der Waals surface area contributed by atoms with Gasteiger partial charge in [-0.2, -0.15) is 0 Å². The third-order valence-corrected chi connectivity index (χ3v) is 3.89. The van der Waals surface area contributed by atoms with Crippen molar-refractivity contribution in [3.05, 3.63) is 65.7 Å². The number of ether oxygens (including phenoxy) is 1. The number of hydrogen-bond donors (Lipinski definition) is 2. The van der Waals surface area contributed by atoms with Crippen molar-refractivity contribution in [2.45, 2.75) is 18.9 Å². The highest BCUT2D eigenvalue weighted by atomic mass is 16.5. The second kappa shape index (κ2) is 7.25. The van der Waals surface area contributed by atoms with E-state index in [1.165, 1.54) is 5.56 Å². The third-order valence-electron chi connectivity index (χ3n) is 3.89. The molecule has 0 aliphatic carbocycles. The Balaban J connectivity index is 2.02. The first-order valence-electron chi connectivity index (χ1n) is 7.25. The van der Waals surface area contributed by atoms with Gasteiger partial charge in [0.15, 0.2) is 0 Å². The monoisotopic (exact) mass is 285 g/mol. The lowest BCUT2D eigenvalue weighted by atomic mass is 9.88. The van der Waals surface area contributed by atoms with Gasteiger partial charge in [-0.1, -0.05) is 48.0 Å². The maximum Gasteiger partial charge on any atom is 0.119 e. The van der Waals surface area contributed by atoms with Crippen molar-refractivity contribution >= 4 is 0 Å². The van der Waals surface area contributed by atoms with E-state index >= 15 is 0 Å². The van der Waals surface area contributed by atoms with Crippen LogP contribution in [0.15, 0.2) is 54.6 Å². The number of hydrogen-bond acceptors (Lipinski definition) is 3. The van der Waals surface area contributed by atoms with Crippen molar-refractivity contribution in [3.63, 3.8) is 0 Å². The van der Waals surface area contributed by atoms with Crippen LogP contribution in [0.3, 0.4) is 0 Å². The largest absolute Gasteiger partial charge is 0.494 e. The third kappa shape index (κ3) is 3.84. The number of aryl methyl sites for hydroxylation is 1. The molecule has 0 spiro atoms. The molecule has 0 saturated heterocycles. The molecular weight excluding hydrogens is 262 g/mol. The molecule has 1 atom stereocenters. The highest BCUT2D eigenvalue weighted by Crippen LogP contribution is 2.24. The van der Waals surface area contributed by atoms with Gasteiger partial charge < -0.3 is 15.2 Å². The Hall–Kier alpha value is -1.84. The maximum atomic E-state index is 9.85. The summed E-state index contributed by atoms with van der Waals surface area (Å²) in [7, 11) is 1.87. The lowest BCUT2D eigenvalue weighted by Crippen LogP contribution is -2.44. The van der Waals surface area contributed by atoms with Gasteiger partial charge in [-0.3, -0.25) is 0 Å². The van der Waals surface area contributed by atoms with Crippen molar-refractivity contribution in [1.29, 1.82) is 0 Å². The van der Waals surface area contributed by atoms with E-state index in [0.29, 0.717) is 13.0 Å². The molecule has 2 rings (SSSR count). The molecule has 2 N–H and O–H groups in total. The van der Waals surface area contributed by atoms with Crippen LogP contribution in [0, 0.1) is 6.92 Å². The van der Waals surface area contributed by atoms with Crippen molar-refractivity contribution in [2.75, 3.05) is 20.3 Å². The van der Waals surface area contributed by atoms with Crippen molar-refractivity contribution in [1.82, 2.24) is 5.32 Å². The van der Waals surface area contributed by atoms with Crippen LogP contribution < -0.4 is 10.1 Å². The van der Waals surface area contributed by atoms with E-state index in [1.807, 2.05) is 61.6 Å². The van der Waals surface area contributed by atoms with Crippen LogP contribution >= 0.6 is 0 Å². The molecule has 0 radical (unpaired) electrons. The van der Waals surface area contributed by atoms with Gasteiger partial charge in [-0.25, -0.2) is 0 Å². The van der Waals surface area contributed by atoms with Gasteiger partial charge >= 0.3 is 0 Å². The molecule has 0 bridgehead atoms. The van der Waals surface area contributed by atoms with E-state index < -0.39 is 5.54 Å². The van der Waals surface area contributed by atoms with Gasteiger partial charge in [0.25, 0.3) is 0 Å². The van der Waals surface area contributed by atoms with Gasteiger partial charge in [-0.05, 0) is 31.7 Å². The lowest BCUT2D eigenvalue weighted by Gasteiger charge is -2.32. The van der Waals surface area contributed by atoms with E-state index in [0.717, 1.165) is 11.3 Å². The molecule has 0 amide bonds. The van der Waals surface area contributed by atoms with Gasteiger partial charge in [0.05, 0.1) is 18.8 Å². The van der Waals surface area contributed by atoms with Gasteiger partial charge in [0.1, 0.15) is 5.75 Å². The highest BCUT2D eigenvalue weighted by Gasteiger charge is 2.29. The number of aliphatic hydroxyl groups excluding tert-OH is 1. The number of nitrogens with one attached hydrogen (secondary N) is 1. The molecule has 0 aliphatic heterocycles. The predicted molar refractivity (Wildman–Crippen MR) is 85.6 cm³/mol. The van der Waals surface area contributed by atoms with Crippen LogP contribution in [0.4, 0.5) is 0 Å². The van der Waals surface area contributed by atoms with Gasteiger partial charge in [0, 0.05) is 6.42 Å². The summed E-state index contributed by atoms with van der Waals surface area (Å²) in [5.74, 6) is 0.858. The zero-order chi connectivity index (χ0) is 15.1. The second-order valence-corrected chi connectivity index (χ2v) is 5.27. The number of benzene rings is 2. The fourth-order valence-corrected chi connectivity index (χ4v) is 2.40. The molecule has 112 valence electrons. The Morgan fingerprint density at radius 2 is 1.71 bits per heavy atom. The normalized spacial score (nSPS) is 13.7. The molecule has 0 fully saturated rings. The Morgan fingerprint density at radius 1 is 1.05 bits per heavy atom. The topological polar surface area (TPSA) is 41.5 Å². The smallest absolute Gasteiger partial charge is 0.119 e. The first-order valence-corrected chi connectivity index (χ1v) is 7.25. The molecule has 3 heteroatoms. The number of rotatable bonds is 7. The molecular formula is C18H23NO2. The summed E-state index contributed by atoms with van der Waals surface area (Å²) >= 11 is 0. The molecule has 1 unspecified atom stereocenters. The molecule has 2 aromatic rings. The van der Waals surface area contributed by atoms with E-state index in [9.17, 15) is 5.11 Å². The Labute approximate surface area is 126 Å². The first-order chi connectivity index (χ1) is 10.2. The Kier molecular flexibility index (Phi) is 5.37. The summed E-state index contributed by atoms with van der Waals surface area (Å²) in [6.45, 7) is 2.63. The summed E-state index contributed by atoms with van der Waals surface area (Å²) in [6.07, 6.45) is 0.692. The summed E-state index contributed by atoms with van der Waals surface area (Å²) in [4.78, 5) is 0. The van der Waals surface area contributed by atoms with Crippen LogP contribution in [-0.4, -0.2) is 25.4 Å².